The summed E-state index contributed by atoms with van der Waals surface area (Å²) in [5.74, 6) is -0.383. The molecule has 0 fully saturated rings. The third-order valence-corrected chi connectivity index (χ3v) is 2.44. The lowest BCUT2D eigenvalue weighted by Crippen LogP contribution is -2.35. The molecule has 7 nitrogen and oxygen atoms in total. The number of nitrogens with zero attached hydrogens (tertiary/aromatic N) is 2. The first-order valence-electron chi connectivity index (χ1n) is 5.31. The van der Waals surface area contributed by atoms with Gasteiger partial charge in [0.2, 0.25) is 11.5 Å². The first-order valence-corrected chi connectivity index (χ1v) is 5.31. The summed E-state index contributed by atoms with van der Waals surface area (Å²) in [5, 5.41) is 9.51. The van der Waals surface area contributed by atoms with E-state index in [-0.39, 0.29) is 22.8 Å². The maximum atomic E-state index is 11.7. The molecule has 0 aliphatic carbocycles. The van der Waals surface area contributed by atoms with Gasteiger partial charge < -0.3 is 15.8 Å². The number of nitrogens with two attached hydrogens (primary N) is 1. The minimum atomic E-state index is -0.380. The van der Waals surface area contributed by atoms with Gasteiger partial charge in [-0.2, -0.15) is 0 Å². The molecular formula is C10H18N4O3. The van der Waals surface area contributed by atoms with Crippen molar-refractivity contribution in [1.29, 1.82) is 0 Å². The molecule has 17 heavy (non-hydrogen) atoms. The zero-order valence-corrected chi connectivity index (χ0v) is 10.3. The van der Waals surface area contributed by atoms with Crippen LogP contribution in [0.3, 0.4) is 0 Å². The second-order valence-electron chi connectivity index (χ2n) is 4.59. The smallest absolute Gasteiger partial charge is 0.277 e. The number of carbonyl (C=O) groups is 1. The Morgan fingerprint density at radius 1 is 1.53 bits per heavy atom. The van der Waals surface area contributed by atoms with E-state index in [0.717, 1.165) is 6.42 Å². The van der Waals surface area contributed by atoms with Crippen LogP contribution in [0.15, 0.2) is 4.63 Å². The fourth-order valence-corrected chi connectivity index (χ4v) is 1.22. The van der Waals surface area contributed by atoms with Gasteiger partial charge in [-0.15, -0.1) is 0 Å². The molecule has 0 bridgehead atoms. The molecule has 3 N–H and O–H groups in total. The Morgan fingerprint density at radius 2 is 2.24 bits per heavy atom. The molecule has 96 valence electrons. The highest BCUT2D eigenvalue weighted by molar-refractivity contribution is 5.95. The Hall–Kier alpha value is -1.63. The number of amides is 1. The van der Waals surface area contributed by atoms with Crippen LogP contribution in [0.1, 0.15) is 30.8 Å². The zero-order valence-electron chi connectivity index (χ0n) is 10.3. The molecule has 0 aliphatic heterocycles. The lowest BCUT2D eigenvalue weighted by Gasteiger charge is -2.24. The van der Waals surface area contributed by atoms with Gasteiger partial charge >= 0.3 is 0 Å². The number of nitrogen functional groups attached to an aromatic ring is 1. The summed E-state index contributed by atoms with van der Waals surface area (Å²) in [6.45, 7) is 5.23. The van der Waals surface area contributed by atoms with Gasteiger partial charge in [0.1, 0.15) is 0 Å². The molecule has 0 saturated carbocycles. The number of nitrogens with one attached hydrogen (secondary N) is 1. The second-order valence-corrected chi connectivity index (χ2v) is 4.59. The van der Waals surface area contributed by atoms with E-state index in [9.17, 15) is 4.79 Å². The Kier molecular flexibility index (Phi) is 4.45. The van der Waals surface area contributed by atoms with Crippen LogP contribution in [0.4, 0.5) is 5.82 Å². The number of ether oxygens (including phenoxy) is 1. The summed E-state index contributed by atoms with van der Waals surface area (Å²) in [6.07, 6.45) is 0.844. The molecule has 0 saturated heterocycles. The van der Waals surface area contributed by atoms with Crippen LogP contribution in [0.5, 0.6) is 0 Å². The molecule has 1 aromatic heterocycles. The number of methoxy groups -OCH3 is 1. The van der Waals surface area contributed by atoms with Crippen LogP contribution in [-0.2, 0) is 4.74 Å². The van der Waals surface area contributed by atoms with E-state index in [1.54, 1.807) is 7.11 Å². The highest BCUT2D eigenvalue weighted by Crippen LogP contribution is 2.19. The molecule has 0 atom stereocenters. The maximum Gasteiger partial charge on any atom is 0.277 e. The van der Waals surface area contributed by atoms with Gasteiger partial charge in [-0.3, -0.25) is 4.79 Å². The van der Waals surface area contributed by atoms with Crippen molar-refractivity contribution in [2.24, 2.45) is 5.41 Å². The minimum Gasteiger partial charge on any atom is -0.385 e. The zero-order chi connectivity index (χ0) is 12.9. The normalized spacial score (nSPS) is 11.5. The largest absolute Gasteiger partial charge is 0.385 e. The number of anilines is 1. The lowest BCUT2D eigenvalue weighted by atomic mass is 9.90. The third kappa shape index (κ3) is 4.03. The average molecular weight is 242 g/mol. The number of carbonyl (C=O) groups excluding carboxylic acids is 1. The van der Waals surface area contributed by atoms with E-state index in [0.29, 0.717) is 13.2 Å². The topological polar surface area (TPSA) is 103 Å². The van der Waals surface area contributed by atoms with E-state index in [4.69, 9.17) is 10.5 Å². The van der Waals surface area contributed by atoms with E-state index < -0.39 is 0 Å². The summed E-state index contributed by atoms with van der Waals surface area (Å²) in [5.41, 5.74) is 5.38. The minimum absolute atomic E-state index is 0.00259. The first-order chi connectivity index (χ1) is 7.96. The molecule has 1 aromatic rings. The number of aromatic nitrogens is 2. The van der Waals surface area contributed by atoms with Gasteiger partial charge in [0.15, 0.2) is 0 Å². The van der Waals surface area contributed by atoms with E-state index in [1.165, 1.54) is 0 Å². The molecule has 0 unspecified atom stereocenters. The Labute approximate surface area is 99.7 Å². The maximum absolute atomic E-state index is 11.7. The number of hydrogen-bond donors (Lipinski definition) is 2. The van der Waals surface area contributed by atoms with E-state index >= 15 is 0 Å². The van der Waals surface area contributed by atoms with Crippen LogP contribution in [0.2, 0.25) is 0 Å². The Morgan fingerprint density at radius 3 is 2.76 bits per heavy atom. The highest BCUT2D eigenvalue weighted by atomic mass is 16.6. The Bertz CT molecular complexity index is 375. The van der Waals surface area contributed by atoms with E-state index in [1.807, 2.05) is 13.8 Å². The fourth-order valence-electron chi connectivity index (χ4n) is 1.22. The second kappa shape index (κ2) is 5.62. The predicted molar refractivity (Wildman–Crippen MR) is 61.3 cm³/mol. The molecule has 1 rings (SSSR count). The van der Waals surface area contributed by atoms with Gasteiger partial charge in [-0.25, -0.2) is 4.63 Å². The van der Waals surface area contributed by atoms with Gasteiger partial charge in [-0.1, -0.05) is 13.8 Å². The fraction of sp³-hybridized carbons (Fsp3) is 0.700. The van der Waals surface area contributed by atoms with Crippen molar-refractivity contribution in [2.45, 2.75) is 20.3 Å². The van der Waals surface area contributed by atoms with E-state index in [2.05, 4.69) is 20.3 Å². The monoisotopic (exact) mass is 242 g/mol. The first kappa shape index (κ1) is 13.4. The van der Waals surface area contributed by atoms with Crippen molar-refractivity contribution >= 4 is 11.7 Å². The van der Waals surface area contributed by atoms with Gasteiger partial charge in [0, 0.05) is 20.3 Å². The molecular weight excluding hydrogens is 224 g/mol. The molecule has 0 aromatic carbocycles. The molecule has 7 heteroatoms. The van der Waals surface area contributed by atoms with Gasteiger partial charge in [0.05, 0.1) is 0 Å². The standard InChI is InChI=1S/C10H18N4O3/c1-10(2,4-5-16-3)6-12-9(15)7-8(11)14-17-13-7/h4-6H2,1-3H3,(H2,11,14)(H,12,15). The number of hydrogen-bond acceptors (Lipinski definition) is 6. The van der Waals surface area contributed by atoms with Crippen LogP contribution < -0.4 is 11.1 Å². The molecule has 1 heterocycles. The highest BCUT2D eigenvalue weighted by Gasteiger charge is 2.21. The summed E-state index contributed by atoms with van der Waals surface area (Å²) in [4.78, 5) is 11.7. The predicted octanol–water partition coefficient (Wildman–Crippen LogP) is 0.444. The summed E-state index contributed by atoms with van der Waals surface area (Å²) in [6, 6.07) is 0. The number of rotatable bonds is 6. The Balaban J connectivity index is 2.45. The van der Waals surface area contributed by atoms with Gasteiger partial charge in [-0.05, 0) is 22.1 Å². The van der Waals surface area contributed by atoms with Crippen molar-refractivity contribution in [1.82, 2.24) is 15.6 Å². The van der Waals surface area contributed by atoms with Crippen molar-refractivity contribution in [3.8, 4) is 0 Å². The van der Waals surface area contributed by atoms with Crippen molar-refractivity contribution in [2.75, 3.05) is 26.0 Å². The summed E-state index contributed by atoms with van der Waals surface area (Å²) < 4.78 is 9.36. The SMILES string of the molecule is COCCC(C)(C)CNC(=O)c1nonc1N. The summed E-state index contributed by atoms with van der Waals surface area (Å²) >= 11 is 0. The third-order valence-electron chi connectivity index (χ3n) is 2.44. The summed E-state index contributed by atoms with van der Waals surface area (Å²) in [7, 11) is 1.65. The van der Waals surface area contributed by atoms with Crippen LogP contribution in [0, 0.1) is 5.41 Å². The molecule has 1 amide bonds. The van der Waals surface area contributed by atoms with Crippen LogP contribution in [-0.4, -0.2) is 36.5 Å². The quantitative estimate of drug-likeness (QED) is 0.750. The lowest BCUT2D eigenvalue weighted by molar-refractivity contribution is 0.0912. The molecule has 0 radical (unpaired) electrons. The van der Waals surface area contributed by atoms with Crippen molar-refractivity contribution < 1.29 is 14.2 Å². The average Bonchev–Trinajstić information content (AvgIpc) is 2.70. The molecule has 0 aliphatic rings. The van der Waals surface area contributed by atoms with Crippen molar-refractivity contribution in [3.05, 3.63) is 5.69 Å². The molecule has 0 spiro atoms. The van der Waals surface area contributed by atoms with Crippen molar-refractivity contribution in [3.63, 3.8) is 0 Å². The van der Waals surface area contributed by atoms with Gasteiger partial charge in [0.25, 0.3) is 5.91 Å². The van der Waals surface area contributed by atoms with Crippen LogP contribution >= 0.6 is 0 Å². The van der Waals surface area contributed by atoms with Crippen LogP contribution in [0.25, 0.3) is 0 Å².